The Hall–Kier alpha value is -2.93. The van der Waals surface area contributed by atoms with Gasteiger partial charge in [0.2, 0.25) is 5.69 Å². The van der Waals surface area contributed by atoms with Crippen LogP contribution < -0.4 is 4.57 Å². The van der Waals surface area contributed by atoms with Crippen LogP contribution in [0, 0.1) is 26.7 Å². The lowest BCUT2D eigenvalue weighted by Crippen LogP contribution is -2.35. The Morgan fingerprint density at radius 3 is 2.33 bits per heavy atom. The summed E-state index contributed by atoms with van der Waals surface area (Å²) in [4.78, 5) is 0. The lowest BCUT2D eigenvalue weighted by molar-refractivity contribution is -0.665. The first kappa shape index (κ1) is 19.1. The zero-order chi connectivity index (χ0) is 22.3. The van der Waals surface area contributed by atoms with Gasteiger partial charge in [-0.15, -0.1) is 0 Å². The molecule has 1 nitrogen and oxygen atoms in total. The fraction of sp³-hybridized carbons (Fsp3) is 0.276. The van der Waals surface area contributed by atoms with E-state index in [1.165, 1.54) is 39.1 Å². The van der Waals surface area contributed by atoms with Gasteiger partial charge in [0.15, 0.2) is 5.69 Å². The molecule has 3 aromatic carbocycles. The third-order valence-corrected chi connectivity index (χ3v) is 6.17. The van der Waals surface area contributed by atoms with Gasteiger partial charge in [-0.25, -0.2) is 0 Å². The molecule has 0 unspecified atom stereocenters. The summed E-state index contributed by atoms with van der Waals surface area (Å²) >= 11 is 0. The molecule has 0 bridgehead atoms. The molecular formula is C29H32N+. The van der Waals surface area contributed by atoms with Gasteiger partial charge in [0.25, 0.3) is 0 Å². The van der Waals surface area contributed by atoms with Crippen LogP contribution >= 0.6 is 0 Å². The largest absolute Gasteiger partial charge is 0.220 e. The average Bonchev–Trinajstić information content (AvgIpc) is 2.75. The number of hydrogen-bond donors (Lipinski definition) is 0. The van der Waals surface area contributed by atoms with E-state index >= 15 is 0 Å². The molecular weight excluding hydrogens is 362 g/mol. The van der Waals surface area contributed by atoms with E-state index in [1.54, 1.807) is 0 Å². The molecule has 0 amide bonds. The van der Waals surface area contributed by atoms with E-state index in [9.17, 15) is 0 Å². The van der Waals surface area contributed by atoms with Crippen LogP contribution in [-0.2, 0) is 13.5 Å². The van der Waals surface area contributed by atoms with Crippen LogP contribution in [0.2, 0.25) is 0 Å². The molecule has 0 fully saturated rings. The second-order valence-corrected chi connectivity index (χ2v) is 8.93. The van der Waals surface area contributed by atoms with Crippen molar-refractivity contribution >= 4 is 10.8 Å². The topological polar surface area (TPSA) is 3.88 Å². The second kappa shape index (κ2) is 8.07. The van der Waals surface area contributed by atoms with Crippen LogP contribution in [-0.4, -0.2) is 0 Å². The minimum atomic E-state index is 0.597. The molecule has 4 rings (SSSR count). The number of benzene rings is 3. The van der Waals surface area contributed by atoms with Gasteiger partial charge in [-0.3, -0.25) is 0 Å². The highest BCUT2D eigenvalue weighted by Crippen LogP contribution is 2.34. The van der Waals surface area contributed by atoms with E-state index < -0.39 is 0 Å². The smallest absolute Gasteiger partial charge is 0.198 e. The maximum atomic E-state index is 8.82. The van der Waals surface area contributed by atoms with Gasteiger partial charge in [-0.1, -0.05) is 62.4 Å². The van der Waals surface area contributed by atoms with Crippen LogP contribution in [0.1, 0.15) is 37.6 Å². The Labute approximate surface area is 182 Å². The van der Waals surface area contributed by atoms with Crippen molar-refractivity contribution in [1.82, 2.24) is 0 Å². The van der Waals surface area contributed by atoms with Gasteiger partial charge in [0, 0.05) is 13.0 Å². The number of nitrogens with zero attached hydrogens (tertiary/aromatic N) is 1. The van der Waals surface area contributed by atoms with Crippen molar-refractivity contribution in [3.63, 3.8) is 0 Å². The van der Waals surface area contributed by atoms with Gasteiger partial charge in [-0.05, 0) is 71.5 Å². The van der Waals surface area contributed by atoms with Crippen molar-refractivity contribution in [2.45, 2.75) is 41.0 Å². The van der Waals surface area contributed by atoms with Crippen molar-refractivity contribution in [3.05, 3.63) is 89.1 Å². The van der Waals surface area contributed by atoms with E-state index in [-0.39, 0.29) is 0 Å². The van der Waals surface area contributed by atoms with Gasteiger partial charge < -0.3 is 0 Å². The molecule has 0 atom stereocenters. The molecule has 30 heavy (non-hydrogen) atoms. The Morgan fingerprint density at radius 2 is 1.63 bits per heavy atom. The van der Waals surface area contributed by atoms with E-state index in [1.807, 2.05) is 0 Å². The quantitative estimate of drug-likeness (QED) is 0.324. The fourth-order valence-corrected chi connectivity index (χ4v) is 4.36. The third kappa shape index (κ3) is 3.77. The highest BCUT2D eigenvalue weighted by Gasteiger charge is 2.21. The van der Waals surface area contributed by atoms with Crippen molar-refractivity contribution in [3.8, 4) is 22.4 Å². The number of aromatic nitrogens is 1. The summed E-state index contributed by atoms with van der Waals surface area (Å²) in [7, 11) is 2.09. The third-order valence-electron chi connectivity index (χ3n) is 6.17. The Balaban J connectivity index is 2.03. The van der Waals surface area contributed by atoms with E-state index in [0.717, 1.165) is 22.9 Å². The predicted molar refractivity (Wildman–Crippen MR) is 129 cm³/mol. The van der Waals surface area contributed by atoms with Gasteiger partial charge in [-0.2, -0.15) is 4.57 Å². The van der Waals surface area contributed by atoms with Crippen LogP contribution in [0.3, 0.4) is 0 Å². The molecule has 4 aromatic rings. The summed E-state index contributed by atoms with van der Waals surface area (Å²) in [6.07, 6.45) is 1.03. The van der Waals surface area contributed by atoms with Crippen molar-refractivity contribution in [2.24, 2.45) is 13.0 Å². The summed E-state index contributed by atoms with van der Waals surface area (Å²) < 4.78 is 11.0. The number of aryl methyl sites for hydroxylation is 1. The first-order valence-electron chi connectivity index (χ1n) is 11.4. The number of fused-ring (bicyclic) bond motifs is 1. The van der Waals surface area contributed by atoms with Crippen molar-refractivity contribution in [1.29, 1.82) is 0 Å². The first-order valence-corrected chi connectivity index (χ1v) is 10.9. The second-order valence-electron chi connectivity index (χ2n) is 8.93. The molecule has 0 radical (unpaired) electrons. The maximum absolute atomic E-state index is 8.82. The van der Waals surface area contributed by atoms with Gasteiger partial charge in [0.1, 0.15) is 7.05 Å². The standard InChI is InChI=1S/C29H32N/c1-19(2)14-23-12-13-27-26(17-23)16-21(4)30(6)29(27)28-18-25(15-20(3)22(28)5)24-10-8-7-9-11-24/h7-13,15-19H,14H2,1-6H3/q+1/i16D. The molecule has 0 aliphatic rings. The van der Waals surface area contributed by atoms with Gasteiger partial charge >= 0.3 is 0 Å². The molecule has 1 heterocycles. The minimum absolute atomic E-state index is 0.597. The summed E-state index contributed by atoms with van der Waals surface area (Å²) in [6, 6.07) is 22.5. The highest BCUT2D eigenvalue weighted by atomic mass is 14.9. The normalized spacial score (nSPS) is 11.9. The molecule has 0 aliphatic heterocycles. The first-order chi connectivity index (χ1) is 14.8. The Kier molecular flexibility index (Phi) is 5.12. The lowest BCUT2D eigenvalue weighted by Gasteiger charge is -2.15. The summed E-state index contributed by atoms with van der Waals surface area (Å²) in [5, 5.41) is 2.20. The lowest BCUT2D eigenvalue weighted by atomic mass is 9.91. The Morgan fingerprint density at radius 1 is 0.900 bits per heavy atom. The monoisotopic (exact) mass is 395 g/mol. The summed E-state index contributed by atoms with van der Waals surface area (Å²) in [5.74, 6) is 0.597. The van der Waals surface area contributed by atoms with Crippen molar-refractivity contribution in [2.75, 3.05) is 0 Å². The molecule has 0 saturated heterocycles. The van der Waals surface area contributed by atoms with Gasteiger partial charge in [0.05, 0.1) is 12.3 Å². The van der Waals surface area contributed by atoms with Crippen LogP contribution in [0.4, 0.5) is 0 Å². The van der Waals surface area contributed by atoms with Crippen molar-refractivity contribution < 1.29 is 5.94 Å². The molecule has 0 saturated carbocycles. The molecule has 0 N–H and O–H groups in total. The maximum Gasteiger partial charge on any atom is 0.220 e. The zero-order valence-corrected chi connectivity index (χ0v) is 19.0. The van der Waals surface area contributed by atoms with E-state index in [4.69, 9.17) is 1.37 Å². The molecule has 1 aromatic heterocycles. The van der Waals surface area contributed by atoms with Crippen LogP contribution in [0.25, 0.3) is 33.2 Å². The average molecular weight is 396 g/mol. The summed E-state index contributed by atoms with van der Waals surface area (Å²) in [5.41, 5.74) is 9.77. The summed E-state index contributed by atoms with van der Waals surface area (Å²) in [6.45, 7) is 11.0. The number of hydrogen-bond acceptors (Lipinski definition) is 0. The SMILES string of the molecule is [2H]c1c(C)[n+](C)c(-c2cc(-c3ccccc3)cc(C)c2C)c2ccc(CC(C)C)cc12. The minimum Gasteiger partial charge on any atom is -0.198 e. The van der Waals surface area contributed by atoms with Crippen LogP contribution in [0.15, 0.2) is 66.7 Å². The fourth-order valence-electron chi connectivity index (χ4n) is 4.36. The molecule has 1 heteroatoms. The number of pyridine rings is 1. The van der Waals surface area contributed by atoms with E-state index in [0.29, 0.717) is 12.0 Å². The zero-order valence-electron chi connectivity index (χ0n) is 20.0. The molecule has 0 spiro atoms. The molecule has 0 aliphatic carbocycles. The molecule has 152 valence electrons. The highest BCUT2D eigenvalue weighted by molar-refractivity contribution is 5.95. The van der Waals surface area contributed by atoms with E-state index in [2.05, 4.69) is 107 Å². The number of rotatable bonds is 4. The predicted octanol–water partition coefficient (Wildman–Crippen LogP) is 7.12. The Bertz CT molecular complexity index is 1270. The van der Waals surface area contributed by atoms with Crippen LogP contribution in [0.5, 0.6) is 0 Å².